The topological polar surface area (TPSA) is 84.9 Å². The first-order valence-corrected chi connectivity index (χ1v) is 10.3. The van der Waals surface area contributed by atoms with Gasteiger partial charge in [0, 0.05) is 18.7 Å². The SMILES string of the molecule is O=C(COC(=O)c1cccc(N2CCCC2=O)c1)Nc1ccccc1Oc1ccccc1. The Hall–Kier alpha value is -4.13. The van der Waals surface area contributed by atoms with Crippen LogP contribution in [0.15, 0.2) is 78.9 Å². The third kappa shape index (κ3) is 5.13. The number of carbonyl (C=O) groups excluding carboxylic acids is 3. The Morgan fingerprint density at radius 3 is 2.50 bits per heavy atom. The number of nitrogens with zero attached hydrogens (tertiary/aromatic N) is 1. The Balaban J connectivity index is 1.36. The van der Waals surface area contributed by atoms with Gasteiger partial charge < -0.3 is 19.7 Å². The summed E-state index contributed by atoms with van der Waals surface area (Å²) in [6, 6.07) is 22.9. The molecule has 1 aliphatic rings. The molecule has 1 heterocycles. The fourth-order valence-corrected chi connectivity index (χ4v) is 3.40. The van der Waals surface area contributed by atoms with Crippen molar-refractivity contribution in [2.24, 2.45) is 0 Å². The lowest BCUT2D eigenvalue weighted by atomic mass is 10.2. The molecule has 0 bridgehead atoms. The van der Waals surface area contributed by atoms with Crippen molar-refractivity contribution in [3.63, 3.8) is 0 Å². The van der Waals surface area contributed by atoms with E-state index in [0.717, 1.165) is 6.42 Å². The molecule has 0 atom stereocenters. The summed E-state index contributed by atoms with van der Waals surface area (Å²) >= 11 is 0. The number of esters is 1. The summed E-state index contributed by atoms with van der Waals surface area (Å²) in [6.07, 6.45) is 1.30. The average Bonchev–Trinajstić information content (AvgIpc) is 3.25. The second-order valence-corrected chi connectivity index (χ2v) is 7.23. The van der Waals surface area contributed by atoms with Crippen LogP contribution in [0, 0.1) is 0 Å². The summed E-state index contributed by atoms with van der Waals surface area (Å²) in [5.41, 5.74) is 1.40. The third-order valence-corrected chi connectivity index (χ3v) is 4.93. The van der Waals surface area contributed by atoms with Crippen LogP contribution in [0.3, 0.4) is 0 Å². The van der Waals surface area contributed by atoms with Crippen LogP contribution >= 0.6 is 0 Å². The Labute approximate surface area is 185 Å². The van der Waals surface area contributed by atoms with Gasteiger partial charge in [-0.25, -0.2) is 4.79 Å². The number of hydrogen-bond acceptors (Lipinski definition) is 5. The number of nitrogens with one attached hydrogen (secondary N) is 1. The van der Waals surface area contributed by atoms with E-state index < -0.39 is 18.5 Å². The van der Waals surface area contributed by atoms with Crippen LogP contribution in [0.25, 0.3) is 0 Å². The van der Waals surface area contributed by atoms with E-state index in [4.69, 9.17) is 9.47 Å². The molecule has 0 unspecified atom stereocenters. The predicted octanol–water partition coefficient (Wildman–Crippen LogP) is 4.40. The first-order chi connectivity index (χ1) is 15.6. The van der Waals surface area contributed by atoms with E-state index >= 15 is 0 Å². The van der Waals surface area contributed by atoms with Crippen molar-refractivity contribution in [3.8, 4) is 11.5 Å². The highest BCUT2D eigenvalue weighted by Crippen LogP contribution is 2.29. The minimum Gasteiger partial charge on any atom is -0.455 e. The molecule has 1 aliphatic heterocycles. The smallest absolute Gasteiger partial charge is 0.338 e. The summed E-state index contributed by atoms with van der Waals surface area (Å²) in [4.78, 5) is 38.4. The van der Waals surface area contributed by atoms with E-state index in [-0.39, 0.29) is 11.5 Å². The fraction of sp³-hybridized carbons (Fsp3) is 0.160. The van der Waals surface area contributed by atoms with Gasteiger partial charge in [0.1, 0.15) is 5.75 Å². The number of ether oxygens (including phenoxy) is 2. The van der Waals surface area contributed by atoms with E-state index in [1.54, 1.807) is 53.4 Å². The van der Waals surface area contributed by atoms with Crippen LogP contribution in [0.2, 0.25) is 0 Å². The Morgan fingerprint density at radius 1 is 0.938 bits per heavy atom. The predicted molar refractivity (Wildman–Crippen MR) is 120 cm³/mol. The van der Waals surface area contributed by atoms with E-state index in [1.165, 1.54) is 0 Å². The van der Waals surface area contributed by atoms with Crippen LogP contribution in [0.4, 0.5) is 11.4 Å². The van der Waals surface area contributed by atoms with E-state index in [1.807, 2.05) is 30.3 Å². The summed E-state index contributed by atoms with van der Waals surface area (Å²) in [5.74, 6) is 0.0143. The number of carbonyl (C=O) groups is 3. The minimum absolute atomic E-state index is 0.0336. The number of rotatable bonds is 7. The van der Waals surface area contributed by atoms with Crippen LogP contribution < -0.4 is 15.0 Å². The van der Waals surface area contributed by atoms with Crippen molar-refractivity contribution in [3.05, 3.63) is 84.4 Å². The minimum atomic E-state index is -0.637. The average molecular weight is 430 g/mol. The standard InChI is InChI=1S/C25H22N2O5/c28-23(26-21-12-4-5-13-22(21)32-20-10-2-1-3-11-20)17-31-25(30)18-8-6-9-19(16-18)27-15-7-14-24(27)29/h1-6,8-13,16H,7,14-15,17H2,(H,26,28). The Bertz CT molecular complexity index is 1130. The van der Waals surface area contributed by atoms with Gasteiger partial charge in [-0.15, -0.1) is 0 Å². The van der Waals surface area contributed by atoms with E-state index in [2.05, 4.69) is 5.32 Å². The quantitative estimate of drug-likeness (QED) is 0.562. The van der Waals surface area contributed by atoms with Gasteiger partial charge in [-0.2, -0.15) is 0 Å². The molecule has 3 aromatic rings. The van der Waals surface area contributed by atoms with Crippen molar-refractivity contribution >= 4 is 29.2 Å². The third-order valence-electron chi connectivity index (χ3n) is 4.93. The lowest BCUT2D eigenvalue weighted by Gasteiger charge is -2.16. The molecule has 2 amide bonds. The number of hydrogen-bond donors (Lipinski definition) is 1. The van der Waals surface area contributed by atoms with Gasteiger partial charge in [0.2, 0.25) is 5.91 Å². The van der Waals surface area contributed by atoms with Crippen LogP contribution in [0.5, 0.6) is 11.5 Å². The van der Waals surface area contributed by atoms with Gasteiger partial charge in [-0.05, 0) is 48.9 Å². The maximum atomic E-state index is 12.4. The summed E-state index contributed by atoms with van der Waals surface area (Å²) in [6.45, 7) is 0.176. The zero-order valence-electron chi connectivity index (χ0n) is 17.3. The molecule has 0 aromatic heterocycles. The number of para-hydroxylation sites is 3. The molecule has 1 N–H and O–H groups in total. The van der Waals surface area contributed by atoms with Crippen molar-refractivity contribution in [2.75, 3.05) is 23.4 Å². The van der Waals surface area contributed by atoms with Crippen molar-refractivity contribution in [1.29, 1.82) is 0 Å². The highest BCUT2D eigenvalue weighted by atomic mass is 16.5. The fourth-order valence-electron chi connectivity index (χ4n) is 3.40. The molecule has 0 radical (unpaired) electrons. The molecule has 162 valence electrons. The zero-order chi connectivity index (χ0) is 22.3. The summed E-state index contributed by atoms with van der Waals surface area (Å²) < 4.78 is 11.0. The van der Waals surface area contributed by atoms with Crippen LogP contribution in [0.1, 0.15) is 23.2 Å². The lowest BCUT2D eigenvalue weighted by molar-refractivity contribution is -0.119. The first kappa shape index (κ1) is 21.1. The van der Waals surface area contributed by atoms with E-state index in [9.17, 15) is 14.4 Å². The van der Waals surface area contributed by atoms with Crippen molar-refractivity contribution < 1.29 is 23.9 Å². The van der Waals surface area contributed by atoms with Gasteiger partial charge in [-0.3, -0.25) is 9.59 Å². The monoisotopic (exact) mass is 430 g/mol. The largest absolute Gasteiger partial charge is 0.455 e. The highest BCUT2D eigenvalue weighted by molar-refractivity contribution is 5.99. The molecule has 3 aromatic carbocycles. The molecule has 7 heteroatoms. The van der Waals surface area contributed by atoms with E-state index in [0.29, 0.717) is 35.8 Å². The zero-order valence-corrected chi connectivity index (χ0v) is 17.3. The second-order valence-electron chi connectivity index (χ2n) is 7.23. The number of benzene rings is 3. The molecular weight excluding hydrogens is 408 g/mol. The summed E-state index contributed by atoms with van der Waals surface area (Å²) in [7, 11) is 0. The van der Waals surface area contributed by atoms with Crippen molar-refractivity contribution in [2.45, 2.75) is 12.8 Å². The van der Waals surface area contributed by atoms with Crippen LogP contribution in [-0.2, 0) is 14.3 Å². The lowest BCUT2D eigenvalue weighted by Crippen LogP contribution is -2.24. The normalized spacial score (nSPS) is 13.0. The van der Waals surface area contributed by atoms with Gasteiger partial charge in [0.25, 0.3) is 5.91 Å². The number of amides is 2. The molecule has 1 fully saturated rings. The molecule has 0 saturated carbocycles. The van der Waals surface area contributed by atoms with Gasteiger partial charge >= 0.3 is 5.97 Å². The van der Waals surface area contributed by atoms with Gasteiger partial charge in [0.15, 0.2) is 12.4 Å². The first-order valence-electron chi connectivity index (χ1n) is 10.3. The Morgan fingerprint density at radius 2 is 1.72 bits per heavy atom. The van der Waals surface area contributed by atoms with Gasteiger partial charge in [-0.1, -0.05) is 36.4 Å². The molecule has 0 aliphatic carbocycles. The molecule has 32 heavy (non-hydrogen) atoms. The molecular formula is C25H22N2O5. The highest BCUT2D eigenvalue weighted by Gasteiger charge is 2.22. The summed E-state index contributed by atoms with van der Waals surface area (Å²) in [5, 5.41) is 2.71. The molecule has 1 saturated heterocycles. The maximum absolute atomic E-state index is 12.4. The maximum Gasteiger partial charge on any atom is 0.338 e. The second kappa shape index (κ2) is 9.78. The Kier molecular flexibility index (Phi) is 6.46. The molecule has 0 spiro atoms. The van der Waals surface area contributed by atoms with Gasteiger partial charge in [0.05, 0.1) is 11.3 Å². The molecule has 7 nitrogen and oxygen atoms in total. The number of anilines is 2. The molecule has 4 rings (SSSR count). The van der Waals surface area contributed by atoms with Crippen molar-refractivity contribution in [1.82, 2.24) is 0 Å². The van der Waals surface area contributed by atoms with Crippen LogP contribution in [-0.4, -0.2) is 30.9 Å².